The van der Waals surface area contributed by atoms with Crippen molar-refractivity contribution in [2.75, 3.05) is 18.0 Å². The number of hydrogen-bond acceptors (Lipinski definition) is 4. The first-order valence-electron chi connectivity index (χ1n) is 4.22. The van der Waals surface area contributed by atoms with E-state index in [2.05, 4.69) is 20.1 Å². The van der Waals surface area contributed by atoms with Gasteiger partial charge >= 0.3 is 0 Å². The molecule has 5 nitrogen and oxygen atoms in total. The summed E-state index contributed by atoms with van der Waals surface area (Å²) in [4.78, 5) is 6.26. The Kier molecular flexibility index (Phi) is 1.95. The van der Waals surface area contributed by atoms with E-state index in [-0.39, 0.29) is 0 Å². The van der Waals surface area contributed by atoms with Crippen molar-refractivity contribution in [3.63, 3.8) is 0 Å². The molecule has 5 heteroatoms. The van der Waals surface area contributed by atoms with E-state index in [0.717, 1.165) is 31.9 Å². The first kappa shape index (κ1) is 7.54. The van der Waals surface area contributed by atoms with Crippen LogP contribution in [0.5, 0.6) is 0 Å². The van der Waals surface area contributed by atoms with E-state index in [1.165, 1.54) is 6.33 Å². The van der Waals surface area contributed by atoms with Crippen LogP contribution in [-0.2, 0) is 0 Å². The lowest BCUT2D eigenvalue weighted by molar-refractivity contribution is 0.496. The molecule has 0 aromatic carbocycles. The van der Waals surface area contributed by atoms with Crippen molar-refractivity contribution in [1.82, 2.24) is 15.2 Å². The fraction of sp³-hybridized carbons (Fsp3) is 0.714. The SMILES string of the molecule is NC1CCN(c2ncn[nH]2)CC1. The molecule has 66 valence electrons. The number of nitrogens with two attached hydrogens (primary N) is 1. The fourth-order valence-electron chi connectivity index (χ4n) is 1.46. The van der Waals surface area contributed by atoms with Crippen LogP contribution in [-0.4, -0.2) is 34.3 Å². The fourth-order valence-corrected chi connectivity index (χ4v) is 1.46. The van der Waals surface area contributed by atoms with Crippen molar-refractivity contribution >= 4 is 5.95 Å². The third-order valence-corrected chi connectivity index (χ3v) is 2.24. The smallest absolute Gasteiger partial charge is 0.221 e. The Morgan fingerprint density at radius 2 is 2.25 bits per heavy atom. The number of nitrogens with one attached hydrogen (secondary N) is 1. The topological polar surface area (TPSA) is 70.8 Å². The minimum absolute atomic E-state index is 0.365. The van der Waals surface area contributed by atoms with Gasteiger partial charge in [-0.25, -0.2) is 5.10 Å². The van der Waals surface area contributed by atoms with Gasteiger partial charge in [0.15, 0.2) is 0 Å². The summed E-state index contributed by atoms with van der Waals surface area (Å²) in [5.41, 5.74) is 5.78. The molecule has 1 aliphatic rings. The maximum atomic E-state index is 5.78. The van der Waals surface area contributed by atoms with Gasteiger partial charge in [-0.3, -0.25) is 0 Å². The van der Waals surface area contributed by atoms with Crippen molar-refractivity contribution in [2.45, 2.75) is 18.9 Å². The third-order valence-electron chi connectivity index (χ3n) is 2.24. The Balaban J connectivity index is 1.99. The van der Waals surface area contributed by atoms with Crippen LogP contribution in [0.15, 0.2) is 6.33 Å². The molecule has 2 rings (SSSR count). The molecule has 1 aromatic heterocycles. The summed E-state index contributed by atoms with van der Waals surface area (Å²) in [5.74, 6) is 0.863. The molecule has 1 fully saturated rings. The van der Waals surface area contributed by atoms with Crippen LogP contribution in [0.25, 0.3) is 0 Å². The molecule has 2 heterocycles. The Hall–Kier alpha value is -1.10. The van der Waals surface area contributed by atoms with Gasteiger partial charge < -0.3 is 10.6 Å². The van der Waals surface area contributed by atoms with E-state index < -0.39 is 0 Å². The van der Waals surface area contributed by atoms with Gasteiger partial charge in [0, 0.05) is 19.1 Å². The Labute approximate surface area is 71.0 Å². The molecular weight excluding hydrogens is 154 g/mol. The first-order chi connectivity index (χ1) is 5.86. The Morgan fingerprint density at radius 1 is 1.50 bits per heavy atom. The van der Waals surface area contributed by atoms with Crippen LogP contribution in [0.1, 0.15) is 12.8 Å². The van der Waals surface area contributed by atoms with Crippen molar-refractivity contribution < 1.29 is 0 Å². The van der Waals surface area contributed by atoms with E-state index >= 15 is 0 Å². The van der Waals surface area contributed by atoms with Crippen LogP contribution in [0.3, 0.4) is 0 Å². The molecule has 12 heavy (non-hydrogen) atoms. The number of nitrogens with zero attached hydrogens (tertiary/aromatic N) is 3. The van der Waals surface area contributed by atoms with Gasteiger partial charge in [0.05, 0.1) is 0 Å². The van der Waals surface area contributed by atoms with Crippen molar-refractivity contribution in [3.05, 3.63) is 6.33 Å². The lowest BCUT2D eigenvalue weighted by Gasteiger charge is -2.29. The average Bonchev–Trinajstić information content (AvgIpc) is 2.58. The quantitative estimate of drug-likeness (QED) is 0.604. The zero-order valence-corrected chi connectivity index (χ0v) is 6.90. The Morgan fingerprint density at radius 3 is 2.83 bits per heavy atom. The lowest BCUT2D eigenvalue weighted by Crippen LogP contribution is -2.40. The van der Waals surface area contributed by atoms with Crippen molar-refractivity contribution in [3.8, 4) is 0 Å². The number of aromatic nitrogens is 3. The predicted molar refractivity (Wildman–Crippen MR) is 45.8 cm³/mol. The molecule has 1 aromatic rings. The van der Waals surface area contributed by atoms with E-state index in [4.69, 9.17) is 5.73 Å². The van der Waals surface area contributed by atoms with E-state index in [1.54, 1.807) is 0 Å². The van der Waals surface area contributed by atoms with Gasteiger partial charge in [0.25, 0.3) is 0 Å². The van der Waals surface area contributed by atoms with Gasteiger partial charge in [0.1, 0.15) is 6.33 Å². The minimum Gasteiger partial charge on any atom is -0.341 e. The second kappa shape index (κ2) is 3.10. The molecule has 0 bridgehead atoms. The summed E-state index contributed by atoms with van der Waals surface area (Å²) in [5, 5.41) is 6.65. The van der Waals surface area contributed by atoms with Crippen molar-refractivity contribution in [2.24, 2.45) is 5.73 Å². The third kappa shape index (κ3) is 1.40. The van der Waals surface area contributed by atoms with E-state index in [9.17, 15) is 0 Å². The molecule has 0 atom stereocenters. The zero-order valence-electron chi connectivity index (χ0n) is 6.90. The summed E-state index contributed by atoms with van der Waals surface area (Å²) in [6, 6.07) is 0.365. The first-order valence-corrected chi connectivity index (χ1v) is 4.22. The standard InChI is InChI=1S/C7H13N5/c8-6-1-3-12(4-2-6)7-9-5-10-11-7/h5-6H,1-4,8H2,(H,9,10,11). The highest BCUT2D eigenvalue weighted by atomic mass is 15.3. The van der Waals surface area contributed by atoms with Crippen LogP contribution in [0.4, 0.5) is 5.95 Å². The van der Waals surface area contributed by atoms with Gasteiger partial charge in [-0.15, -0.1) is 0 Å². The van der Waals surface area contributed by atoms with E-state index in [0.29, 0.717) is 6.04 Å². The molecule has 0 unspecified atom stereocenters. The summed E-state index contributed by atoms with van der Waals surface area (Å²) >= 11 is 0. The molecular formula is C7H13N5. The normalized spacial score (nSPS) is 19.9. The highest BCUT2D eigenvalue weighted by Gasteiger charge is 2.17. The number of hydrogen-bond donors (Lipinski definition) is 2. The summed E-state index contributed by atoms with van der Waals surface area (Å²) in [6.45, 7) is 1.96. The molecule has 0 amide bonds. The molecule has 0 saturated carbocycles. The summed E-state index contributed by atoms with van der Waals surface area (Å²) in [6.07, 6.45) is 3.62. The van der Waals surface area contributed by atoms with Gasteiger partial charge in [-0.2, -0.15) is 10.1 Å². The molecule has 0 aliphatic carbocycles. The lowest BCUT2D eigenvalue weighted by atomic mass is 10.1. The zero-order chi connectivity index (χ0) is 8.39. The molecule has 1 aliphatic heterocycles. The summed E-state index contributed by atoms with van der Waals surface area (Å²) in [7, 11) is 0. The molecule has 0 spiro atoms. The number of rotatable bonds is 1. The van der Waals surface area contributed by atoms with Crippen LogP contribution in [0, 0.1) is 0 Å². The largest absolute Gasteiger partial charge is 0.341 e. The van der Waals surface area contributed by atoms with E-state index in [1.807, 2.05) is 0 Å². The minimum atomic E-state index is 0.365. The average molecular weight is 167 g/mol. The number of anilines is 1. The molecule has 0 radical (unpaired) electrons. The number of aromatic amines is 1. The second-order valence-electron chi connectivity index (χ2n) is 3.13. The monoisotopic (exact) mass is 167 g/mol. The van der Waals surface area contributed by atoms with Crippen LogP contribution in [0.2, 0.25) is 0 Å². The maximum Gasteiger partial charge on any atom is 0.221 e. The van der Waals surface area contributed by atoms with Crippen LogP contribution < -0.4 is 10.6 Å². The molecule has 1 saturated heterocycles. The maximum absolute atomic E-state index is 5.78. The van der Waals surface area contributed by atoms with Crippen LogP contribution >= 0.6 is 0 Å². The highest BCUT2D eigenvalue weighted by molar-refractivity contribution is 5.27. The van der Waals surface area contributed by atoms with Crippen molar-refractivity contribution in [1.29, 1.82) is 0 Å². The number of H-pyrrole nitrogens is 1. The Bertz CT molecular complexity index is 224. The summed E-state index contributed by atoms with van der Waals surface area (Å²) < 4.78 is 0. The van der Waals surface area contributed by atoms with Gasteiger partial charge in [-0.1, -0.05) is 0 Å². The second-order valence-corrected chi connectivity index (χ2v) is 3.13. The highest BCUT2D eigenvalue weighted by Crippen LogP contribution is 2.13. The molecule has 3 N–H and O–H groups in total. The number of piperidine rings is 1. The van der Waals surface area contributed by atoms with Gasteiger partial charge in [0.2, 0.25) is 5.95 Å². The predicted octanol–water partition coefficient (Wildman–Crippen LogP) is -0.268. The van der Waals surface area contributed by atoms with Gasteiger partial charge in [-0.05, 0) is 12.8 Å².